The lowest BCUT2D eigenvalue weighted by Gasteiger charge is -2.24. The summed E-state index contributed by atoms with van der Waals surface area (Å²) in [6, 6.07) is 5.54. The van der Waals surface area contributed by atoms with E-state index in [2.05, 4.69) is 26.7 Å². The molecule has 3 amide bonds. The molecule has 4 heterocycles. The number of anilines is 1. The van der Waals surface area contributed by atoms with Crippen molar-refractivity contribution in [2.75, 3.05) is 25.6 Å². The molecule has 174 valence electrons. The normalized spacial score (nSPS) is 24.8. The molecule has 0 saturated carbocycles. The molecule has 0 aliphatic carbocycles. The number of rotatable bonds is 6. The van der Waals surface area contributed by atoms with Crippen LogP contribution in [0.3, 0.4) is 0 Å². The van der Waals surface area contributed by atoms with Crippen molar-refractivity contribution in [3.8, 4) is 0 Å². The minimum absolute atomic E-state index is 0.0249. The molecule has 9 nitrogen and oxygen atoms in total. The smallest absolute Gasteiger partial charge is 0.255 e. The minimum Gasteiger partial charge on any atom is -0.383 e. The largest absolute Gasteiger partial charge is 0.383 e. The Labute approximate surface area is 192 Å². The highest BCUT2D eigenvalue weighted by Crippen LogP contribution is 2.32. The van der Waals surface area contributed by atoms with Crippen LogP contribution in [0.15, 0.2) is 30.6 Å². The zero-order valence-corrected chi connectivity index (χ0v) is 19.3. The maximum atomic E-state index is 13.2. The summed E-state index contributed by atoms with van der Waals surface area (Å²) >= 11 is 0. The Kier molecular flexibility index (Phi) is 6.16. The maximum absolute atomic E-state index is 13.2. The number of ether oxygens (including phenoxy) is 1. The highest BCUT2D eigenvalue weighted by atomic mass is 16.5. The molecule has 2 aromatic heterocycles. The van der Waals surface area contributed by atoms with Crippen molar-refractivity contribution in [1.29, 1.82) is 0 Å². The lowest BCUT2D eigenvalue weighted by atomic mass is 9.83. The van der Waals surface area contributed by atoms with Crippen LogP contribution in [0.25, 0.3) is 0 Å². The van der Waals surface area contributed by atoms with Gasteiger partial charge in [0, 0.05) is 44.6 Å². The molecule has 3 atom stereocenters. The number of aryl methyl sites for hydroxylation is 2. The molecule has 0 spiro atoms. The Bertz CT molecular complexity index is 1090. The standard InChI is InChI=1S/C24H29N5O4/c1-14-7-15(2)21(26-10-14)27-18-8-16(3)29(12-18)22(31)17-5-6-19(25-11-17)24(13-33-4)9-20(30)28-23(24)32/h5-7,10-11,16,18H,8-9,12-13H2,1-4H3,(H,26,27)(H,28,30,32)/t16-,18+,24?/m1/s1. The van der Waals surface area contributed by atoms with Gasteiger partial charge in [0.05, 0.1) is 17.9 Å². The van der Waals surface area contributed by atoms with Gasteiger partial charge < -0.3 is 15.0 Å². The van der Waals surface area contributed by atoms with E-state index in [4.69, 9.17) is 4.74 Å². The van der Waals surface area contributed by atoms with E-state index in [0.717, 1.165) is 23.4 Å². The number of aromatic nitrogens is 2. The van der Waals surface area contributed by atoms with E-state index >= 15 is 0 Å². The van der Waals surface area contributed by atoms with Gasteiger partial charge in [-0.1, -0.05) is 6.07 Å². The first kappa shape index (κ1) is 22.8. The van der Waals surface area contributed by atoms with Crippen molar-refractivity contribution in [3.05, 3.63) is 53.0 Å². The van der Waals surface area contributed by atoms with Gasteiger partial charge in [0.2, 0.25) is 11.8 Å². The van der Waals surface area contributed by atoms with Gasteiger partial charge in [-0.05, 0) is 50.5 Å². The molecule has 0 aromatic carbocycles. The topological polar surface area (TPSA) is 114 Å². The van der Waals surface area contributed by atoms with Crippen LogP contribution < -0.4 is 10.6 Å². The van der Waals surface area contributed by atoms with Gasteiger partial charge >= 0.3 is 0 Å². The number of nitrogens with zero attached hydrogens (tertiary/aromatic N) is 3. The summed E-state index contributed by atoms with van der Waals surface area (Å²) in [6.07, 6.45) is 4.09. The van der Waals surface area contributed by atoms with Crippen molar-refractivity contribution in [2.45, 2.75) is 51.1 Å². The van der Waals surface area contributed by atoms with E-state index in [0.29, 0.717) is 17.8 Å². The average molecular weight is 452 g/mol. The van der Waals surface area contributed by atoms with Crippen molar-refractivity contribution in [1.82, 2.24) is 20.2 Å². The second kappa shape index (κ2) is 8.90. The zero-order chi connectivity index (χ0) is 23.8. The third kappa shape index (κ3) is 4.32. The fraction of sp³-hybridized carbons (Fsp3) is 0.458. The molecule has 2 fully saturated rings. The van der Waals surface area contributed by atoms with E-state index in [1.807, 2.05) is 31.9 Å². The Hall–Kier alpha value is -3.33. The number of pyridine rings is 2. The second-order valence-corrected chi connectivity index (χ2v) is 9.06. The van der Waals surface area contributed by atoms with Crippen molar-refractivity contribution >= 4 is 23.5 Å². The molecule has 0 bridgehead atoms. The van der Waals surface area contributed by atoms with Gasteiger partial charge in [0.25, 0.3) is 5.91 Å². The van der Waals surface area contributed by atoms with Crippen molar-refractivity contribution in [2.24, 2.45) is 0 Å². The first-order valence-electron chi connectivity index (χ1n) is 11.0. The summed E-state index contributed by atoms with van der Waals surface area (Å²) in [5, 5.41) is 5.79. The molecule has 1 unspecified atom stereocenters. The number of nitrogens with one attached hydrogen (secondary N) is 2. The van der Waals surface area contributed by atoms with Crippen molar-refractivity contribution < 1.29 is 19.1 Å². The molecular formula is C24H29N5O4. The summed E-state index contributed by atoms with van der Waals surface area (Å²) < 4.78 is 5.21. The number of amides is 3. The quantitative estimate of drug-likeness (QED) is 0.643. The number of carbonyl (C=O) groups is 3. The van der Waals surface area contributed by atoms with E-state index in [9.17, 15) is 14.4 Å². The SMILES string of the molecule is COCC1(c2ccc(C(=O)N3C[C@@H](Nc4ncc(C)cc4C)C[C@H]3C)cn2)CC(=O)NC1=O. The summed E-state index contributed by atoms with van der Waals surface area (Å²) in [5.41, 5.74) is 1.87. The third-order valence-electron chi connectivity index (χ3n) is 6.43. The molecule has 2 aromatic rings. The molecule has 9 heteroatoms. The van der Waals surface area contributed by atoms with Crippen LogP contribution >= 0.6 is 0 Å². The summed E-state index contributed by atoms with van der Waals surface area (Å²) in [5.74, 6) is -0.0668. The van der Waals surface area contributed by atoms with Gasteiger partial charge in [-0.15, -0.1) is 0 Å². The van der Waals surface area contributed by atoms with E-state index in [1.165, 1.54) is 13.3 Å². The molecule has 33 heavy (non-hydrogen) atoms. The zero-order valence-electron chi connectivity index (χ0n) is 19.3. The van der Waals surface area contributed by atoms with Gasteiger partial charge in [0.1, 0.15) is 11.2 Å². The Morgan fingerprint density at radius 1 is 1.27 bits per heavy atom. The summed E-state index contributed by atoms with van der Waals surface area (Å²) in [7, 11) is 1.47. The first-order chi connectivity index (χ1) is 15.7. The lowest BCUT2D eigenvalue weighted by molar-refractivity contribution is -0.127. The van der Waals surface area contributed by atoms with Gasteiger partial charge in [-0.2, -0.15) is 0 Å². The predicted octanol–water partition coefficient (Wildman–Crippen LogP) is 1.74. The highest BCUT2D eigenvalue weighted by Gasteiger charge is 2.49. The predicted molar refractivity (Wildman–Crippen MR) is 122 cm³/mol. The van der Waals surface area contributed by atoms with Gasteiger partial charge in [-0.25, -0.2) is 4.98 Å². The molecular weight excluding hydrogens is 422 g/mol. The van der Waals surface area contributed by atoms with Crippen LogP contribution in [0.2, 0.25) is 0 Å². The Balaban J connectivity index is 1.48. The summed E-state index contributed by atoms with van der Waals surface area (Å²) in [4.78, 5) is 48.2. The number of hydrogen-bond donors (Lipinski definition) is 2. The highest BCUT2D eigenvalue weighted by molar-refractivity contribution is 6.09. The third-order valence-corrected chi connectivity index (χ3v) is 6.43. The van der Waals surface area contributed by atoms with Crippen LogP contribution in [-0.2, 0) is 19.7 Å². The van der Waals surface area contributed by atoms with Crippen LogP contribution in [-0.4, -0.2) is 64.9 Å². The molecule has 0 radical (unpaired) electrons. The number of methoxy groups -OCH3 is 1. The molecule has 2 aliphatic heterocycles. The number of carbonyl (C=O) groups excluding carboxylic acids is 3. The Morgan fingerprint density at radius 3 is 2.67 bits per heavy atom. The average Bonchev–Trinajstić information content (AvgIpc) is 3.28. The van der Waals surface area contributed by atoms with Crippen LogP contribution in [0.5, 0.6) is 0 Å². The number of imide groups is 1. The second-order valence-electron chi connectivity index (χ2n) is 9.06. The van der Waals surface area contributed by atoms with E-state index in [1.54, 1.807) is 12.1 Å². The van der Waals surface area contributed by atoms with Crippen LogP contribution in [0.4, 0.5) is 5.82 Å². The monoisotopic (exact) mass is 451 g/mol. The maximum Gasteiger partial charge on any atom is 0.255 e. The lowest BCUT2D eigenvalue weighted by Crippen LogP contribution is -2.40. The molecule has 2 N–H and O–H groups in total. The van der Waals surface area contributed by atoms with E-state index < -0.39 is 11.3 Å². The fourth-order valence-electron chi connectivity index (χ4n) is 4.74. The van der Waals surface area contributed by atoms with E-state index in [-0.39, 0.29) is 36.9 Å². The fourth-order valence-corrected chi connectivity index (χ4v) is 4.74. The first-order valence-corrected chi connectivity index (χ1v) is 11.0. The van der Waals surface area contributed by atoms with Crippen LogP contribution in [0.1, 0.15) is 46.9 Å². The molecule has 2 aliphatic rings. The van der Waals surface area contributed by atoms with Crippen molar-refractivity contribution in [3.63, 3.8) is 0 Å². The van der Waals surface area contributed by atoms with Crippen LogP contribution in [0, 0.1) is 13.8 Å². The van der Waals surface area contributed by atoms with Gasteiger partial charge in [-0.3, -0.25) is 24.7 Å². The summed E-state index contributed by atoms with van der Waals surface area (Å²) in [6.45, 7) is 6.65. The van der Waals surface area contributed by atoms with Gasteiger partial charge in [0.15, 0.2) is 0 Å². The number of likely N-dealkylation sites (tertiary alicyclic amines) is 1. The minimum atomic E-state index is -1.16. The number of hydrogen-bond acceptors (Lipinski definition) is 7. The Morgan fingerprint density at radius 2 is 2.06 bits per heavy atom. The molecule has 2 saturated heterocycles. The molecule has 4 rings (SSSR count).